The molecule has 0 heterocycles. The zero-order chi connectivity index (χ0) is 15.3. The molecule has 1 saturated carbocycles. The van der Waals surface area contributed by atoms with Gasteiger partial charge in [-0.25, -0.2) is 0 Å². The van der Waals surface area contributed by atoms with Crippen LogP contribution in [-0.2, 0) is 0 Å². The molecule has 5 heteroatoms. The fourth-order valence-electron chi connectivity index (χ4n) is 3.45. The van der Waals surface area contributed by atoms with Gasteiger partial charge in [0.25, 0.3) is 5.91 Å². The van der Waals surface area contributed by atoms with Gasteiger partial charge in [-0.05, 0) is 18.2 Å². The maximum absolute atomic E-state index is 12.4. The van der Waals surface area contributed by atoms with E-state index in [0.717, 1.165) is 4.47 Å². The summed E-state index contributed by atoms with van der Waals surface area (Å²) in [5.41, 5.74) is 6.53. The second-order valence-electron chi connectivity index (χ2n) is 6.69. The van der Waals surface area contributed by atoms with E-state index in [1.165, 1.54) is 0 Å². The third-order valence-electron chi connectivity index (χ3n) is 4.49. The highest BCUT2D eigenvalue weighted by atomic mass is 79.9. The first kappa shape index (κ1) is 15.8. The zero-order valence-corrected chi connectivity index (χ0v) is 14.5. The van der Waals surface area contributed by atoms with Gasteiger partial charge >= 0.3 is 0 Å². The van der Waals surface area contributed by atoms with Gasteiger partial charge < -0.3 is 11.1 Å². The number of carbonyl (C=O) groups excluding carboxylic acids is 1. The van der Waals surface area contributed by atoms with Crippen LogP contribution in [0.15, 0.2) is 22.7 Å². The minimum atomic E-state index is -0.119. The molecule has 0 aromatic heterocycles. The Morgan fingerprint density at radius 1 is 1.25 bits per heavy atom. The van der Waals surface area contributed by atoms with Gasteiger partial charge in [-0.2, -0.15) is 0 Å². The largest absolute Gasteiger partial charge is 0.348 e. The first-order chi connectivity index (χ1) is 9.06. The van der Waals surface area contributed by atoms with E-state index in [2.05, 4.69) is 48.9 Å². The van der Waals surface area contributed by atoms with Crippen LogP contribution in [0.25, 0.3) is 0 Å². The van der Waals surface area contributed by atoms with E-state index in [9.17, 15) is 4.79 Å². The Bertz CT molecular complexity index is 521. The molecule has 110 valence electrons. The Kier molecular flexibility index (Phi) is 3.95. The van der Waals surface area contributed by atoms with E-state index < -0.39 is 0 Å². The maximum Gasteiger partial charge on any atom is 0.251 e. The second-order valence-corrected chi connectivity index (χ2v) is 8.04. The van der Waals surface area contributed by atoms with Gasteiger partial charge in [0.15, 0.2) is 0 Å². The van der Waals surface area contributed by atoms with E-state index in [4.69, 9.17) is 17.3 Å². The molecule has 3 nitrogen and oxygen atoms in total. The molecule has 0 spiro atoms. The topological polar surface area (TPSA) is 55.1 Å². The van der Waals surface area contributed by atoms with Crippen molar-refractivity contribution < 1.29 is 4.79 Å². The van der Waals surface area contributed by atoms with Crippen LogP contribution in [-0.4, -0.2) is 18.0 Å². The molecule has 0 atom stereocenters. The van der Waals surface area contributed by atoms with Crippen molar-refractivity contribution in [2.75, 3.05) is 0 Å². The lowest BCUT2D eigenvalue weighted by molar-refractivity contribution is -0.0663. The highest BCUT2D eigenvalue weighted by molar-refractivity contribution is 9.10. The molecule has 1 aromatic carbocycles. The van der Waals surface area contributed by atoms with Crippen LogP contribution in [0.5, 0.6) is 0 Å². The summed E-state index contributed by atoms with van der Waals surface area (Å²) < 4.78 is 0.791. The first-order valence-corrected chi connectivity index (χ1v) is 7.76. The highest BCUT2D eigenvalue weighted by Gasteiger charge is 2.60. The Labute approximate surface area is 133 Å². The van der Waals surface area contributed by atoms with Crippen LogP contribution in [0.3, 0.4) is 0 Å². The smallest absolute Gasteiger partial charge is 0.251 e. The van der Waals surface area contributed by atoms with Crippen LogP contribution in [0.1, 0.15) is 38.1 Å². The van der Waals surface area contributed by atoms with Crippen molar-refractivity contribution in [3.8, 4) is 0 Å². The van der Waals surface area contributed by atoms with Gasteiger partial charge in [-0.3, -0.25) is 4.79 Å². The van der Waals surface area contributed by atoms with Crippen LogP contribution >= 0.6 is 27.5 Å². The van der Waals surface area contributed by atoms with Crippen molar-refractivity contribution >= 4 is 33.4 Å². The summed E-state index contributed by atoms with van der Waals surface area (Å²) in [6.07, 6.45) is 0. The third kappa shape index (κ3) is 2.49. The van der Waals surface area contributed by atoms with Gasteiger partial charge in [0.1, 0.15) is 0 Å². The van der Waals surface area contributed by atoms with Crippen LogP contribution in [0.2, 0.25) is 5.02 Å². The van der Waals surface area contributed by atoms with Crippen molar-refractivity contribution in [2.45, 2.75) is 39.8 Å². The van der Waals surface area contributed by atoms with Gasteiger partial charge in [0.05, 0.1) is 0 Å². The van der Waals surface area contributed by atoms with Crippen molar-refractivity contribution in [1.29, 1.82) is 0 Å². The lowest BCUT2D eigenvalue weighted by Gasteiger charge is -2.62. The van der Waals surface area contributed by atoms with Gasteiger partial charge in [0.2, 0.25) is 0 Å². The first-order valence-electron chi connectivity index (χ1n) is 6.59. The molecule has 0 aliphatic heterocycles. The standard InChI is InChI=1S/C15H20BrClN2O/c1-14(2)12(18)15(3,4)13(14)19-11(20)8-5-9(16)7-10(17)6-8/h5-7,12-13H,18H2,1-4H3,(H,19,20). The summed E-state index contributed by atoms with van der Waals surface area (Å²) in [5, 5.41) is 3.64. The minimum absolute atomic E-state index is 0.0373. The van der Waals surface area contributed by atoms with Crippen LogP contribution < -0.4 is 11.1 Å². The van der Waals surface area contributed by atoms with Crippen LogP contribution in [0.4, 0.5) is 0 Å². The predicted molar refractivity (Wildman–Crippen MR) is 85.9 cm³/mol. The summed E-state index contributed by atoms with van der Waals surface area (Å²) in [4.78, 5) is 12.4. The number of rotatable bonds is 2. The third-order valence-corrected chi connectivity index (χ3v) is 5.17. The van der Waals surface area contributed by atoms with E-state index in [1.54, 1.807) is 18.2 Å². The van der Waals surface area contributed by atoms with E-state index in [0.29, 0.717) is 10.6 Å². The van der Waals surface area contributed by atoms with Crippen molar-refractivity contribution in [3.63, 3.8) is 0 Å². The number of hydrogen-bond donors (Lipinski definition) is 2. The monoisotopic (exact) mass is 358 g/mol. The number of carbonyl (C=O) groups is 1. The molecule has 1 fully saturated rings. The zero-order valence-electron chi connectivity index (χ0n) is 12.1. The van der Waals surface area contributed by atoms with Crippen molar-refractivity contribution in [3.05, 3.63) is 33.3 Å². The molecule has 1 amide bonds. The number of halogens is 2. The average Bonchev–Trinajstić information content (AvgIpc) is 2.33. The van der Waals surface area contributed by atoms with E-state index in [-0.39, 0.29) is 28.8 Å². The minimum Gasteiger partial charge on any atom is -0.348 e. The molecule has 0 saturated heterocycles. The van der Waals surface area contributed by atoms with Gasteiger partial charge in [0, 0.05) is 38.0 Å². The quantitative estimate of drug-likeness (QED) is 0.848. The van der Waals surface area contributed by atoms with Crippen LogP contribution in [0, 0.1) is 10.8 Å². The van der Waals surface area contributed by atoms with Gasteiger partial charge in [-0.1, -0.05) is 55.2 Å². The second kappa shape index (κ2) is 5.00. The number of benzene rings is 1. The molecular formula is C15H20BrClN2O. The van der Waals surface area contributed by atoms with E-state index >= 15 is 0 Å². The summed E-state index contributed by atoms with van der Waals surface area (Å²) >= 11 is 9.33. The molecule has 0 radical (unpaired) electrons. The Balaban J connectivity index is 2.20. The molecule has 1 aliphatic rings. The SMILES string of the molecule is CC1(C)C(N)C(C)(C)C1NC(=O)c1cc(Cl)cc(Br)c1. The van der Waals surface area contributed by atoms with Gasteiger partial charge in [-0.15, -0.1) is 0 Å². The molecule has 2 rings (SSSR count). The maximum atomic E-state index is 12.4. The van der Waals surface area contributed by atoms with E-state index in [1.807, 2.05) is 0 Å². The fraction of sp³-hybridized carbons (Fsp3) is 0.533. The average molecular weight is 360 g/mol. The molecule has 1 aliphatic carbocycles. The molecule has 3 N–H and O–H groups in total. The molecule has 0 unspecified atom stereocenters. The summed E-state index contributed by atoms with van der Waals surface area (Å²) in [6, 6.07) is 5.28. The number of hydrogen-bond acceptors (Lipinski definition) is 2. The molecular weight excluding hydrogens is 340 g/mol. The number of amides is 1. The lowest BCUT2D eigenvalue weighted by Crippen LogP contribution is -2.76. The lowest BCUT2D eigenvalue weighted by atomic mass is 9.48. The molecule has 20 heavy (non-hydrogen) atoms. The fourth-order valence-corrected chi connectivity index (χ4v) is 4.31. The summed E-state index contributed by atoms with van der Waals surface area (Å²) in [7, 11) is 0. The Morgan fingerprint density at radius 3 is 2.30 bits per heavy atom. The molecule has 0 bridgehead atoms. The predicted octanol–water partition coefficient (Wildman–Crippen LogP) is 3.59. The Hall–Kier alpha value is -0.580. The number of nitrogens with one attached hydrogen (secondary N) is 1. The normalized spacial score (nSPS) is 26.8. The van der Waals surface area contributed by atoms with Crippen molar-refractivity contribution in [2.24, 2.45) is 16.6 Å². The van der Waals surface area contributed by atoms with Crippen molar-refractivity contribution in [1.82, 2.24) is 5.32 Å². The summed E-state index contributed by atoms with van der Waals surface area (Å²) in [6.45, 7) is 8.34. The molecule has 1 aromatic rings. The number of nitrogens with two attached hydrogens (primary N) is 1. The highest BCUT2D eigenvalue weighted by Crippen LogP contribution is 2.52. The Morgan fingerprint density at radius 2 is 1.80 bits per heavy atom. The summed E-state index contributed by atoms with van der Waals surface area (Å²) in [5.74, 6) is -0.119.